The van der Waals surface area contributed by atoms with E-state index in [4.69, 9.17) is 27.9 Å². The summed E-state index contributed by atoms with van der Waals surface area (Å²) in [5.74, 6) is 0. The number of halogens is 2. The van der Waals surface area contributed by atoms with Gasteiger partial charge in [-0.3, -0.25) is 4.99 Å². The van der Waals surface area contributed by atoms with Crippen LogP contribution in [0, 0.1) is 0 Å². The first-order valence-corrected chi connectivity index (χ1v) is 11.3. The Bertz CT molecular complexity index is 1030. The Kier molecular flexibility index (Phi) is 7.76. The van der Waals surface area contributed by atoms with Crippen molar-refractivity contribution in [3.05, 3.63) is 68.3 Å². The number of rotatable bonds is 7. The Morgan fingerprint density at radius 2 is 1.96 bits per heavy atom. The van der Waals surface area contributed by atoms with Crippen LogP contribution in [0.15, 0.2) is 62.8 Å². The number of hydrogen-bond acceptors (Lipinski definition) is 5. The number of thioether (sulfide) groups is 1. The van der Waals surface area contributed by atoms with E-state index >= 15 is 0 Å². The molecule has 146 valence electrons. The van der Waals surface area contributed by atoms with Gasteiger partial charge in [0, 0.05) is 28.0 Å². The van der Waals surface area contributed by atoms with Gasteiger partial charge in [0.05, 0.1) is 30.1 Å². The van der Waals surface area contributed by atoms with Gasteiger partial charge in [0.15, 0.2) is 0 Å². The summed E-state index contributed by atoms with van der Waals surface area (Å²) < 4.78 is 6.91. The molecule has 0 fully saturated rings. The van der Waals surface area contributed by atoms with Crippen molar-refractivity contribution in [3.8, 4) is 11.3 Å². The predicted molar refractivity (Wildman–Crippen MR) is 121 cm³/mol. The minimum Gasteiger partial charge on any atom is -0.383 e. The lowest BCUT2D eigenvalue weighted by Crippen LogP contribution is -2.13. The molecule has 0 radical (unpaired) electrons. The van der Waals surface area contributed by atoms with Crippen molar-refractivity contribution >= 4 is 52.5 Å². The van der Waals surface area contributed by atoms with Crippen molar-refractivity contribution < 1.29 is 4.74 Å². The molecule has 0 atom stereocenters. The van der Waals surface area contributed by atoms with Gasteiger partial charge in [-0.2, -0.15) is 5.10 Å². The van der Waals surface area contributed by atoms with Crippen LogP contribution in [0.1, 0.15) is 5.56 Å². The lowest BCUT2D eigenvalue weighted by Gasteiger charge is -2.06. The number of benzene rings is 2. The second kappa shape index (κ2) is 10.3. The third-order valence-electron chi connectivity index (χ3n) is 3.87. The number of thiazole rings is 1. The van der Waals surface area contributed by atoms with E-state index in [1.165, 1.54) is 16.2 Å². The molecule has 0 spiro atoms. The molecule has 28 heavy (non-hydrogen) atoms. The molecule has 2 aromatic carbocycles. The summed E-state index contributed by atoms with van der Waals surface area (Å²) in [6.07, 6.45) is 3.87. The van der Waals surface area contributed by atoms with Gasteiger partial charge in [0.1, 0.15) is 0 Å². The van der Waals surface area contributed by atoms with Crippen LogP contribution < -0.4 is 4.80 Å². The standard InChI is InChI=1S/C20H19Cl2N3OS2/c1-26-10-9-23-20-25(24-12-14-3-6-16(27-2)7-4-14)19(13-28-20)17-8-5-15(21)11-18(17)22/h3-8,11-13H,9-10H2,1-2H3/b23-20?,24-12+. The highest BCUT2D eigenvalue weighted by atomic mass is 35.5. The van der Waals surface area contributed by atoms with E-state index in [1.807, 2.05) is 35.9 Å². The number of methoxy groups -OCH3 is 1. The van der Waals surface area contributed by atoms with Gasteiger partial charge >= 0.3 is 0 Å². The van der Waals surface area contributed by atoms with Crippen LogP contribution in [0.5, 0.6) is 0 Å². The fourth-order valence-electron chi connectivity index (χ4n) is 2.45. The van der Waals surface area contributed by atoms with E-state index < -0.39 is 0 Å². The van der Waals surface area contributed by atoms with E-state index in [9.17, 15) is 0 Å². The van der Waals surface area contributed by atoms with E-state index in [1.54, 1.807) is 29.6 Å². The molecule has 0 unspecified atom stereocenters. The van der Waals surface area contributed by atoms with Crippen LogP contribution >= 0.6 is 46.3 Å². The van der Waals surface area contributed by atoms with Crippen molar-refractivity contribution in [1.82, 2.24) is 4.68 Å². The second-order valence-corrected chi connectivity index (χ2v) is 8.29. The first kappa shape index (κ1) is 21.1. The molecule has 0 N–H and O–H groups in total. The molecule has 0 saturated heterocycles. The maximum absolute atomic E-state index is 6.42. The number of ether oxygens (including phenoxy) is 1. The molecule has 3 rings (SSSR count). The minimum absolute atomic E-state index is 0.550. The van der Waals surface area contributed by atoms with Gasteiger partial charge in [-0.1, -0.05) is 35.3 Å². The summed E-state index contributed by atoms with van der Waals surface area (Å²) in [5, 5.41) is 7.84. The summed E-state index contributed by atoms with van der Waals surface area (Å²) >= 11 is 15.7. The molecule has 0 bridgehead atoms. The zero-order valence-corrected chi connectivity index (χ0v) is 18.6. The molecular formula is C20H19Cl2N3OS2. The van der Waals surface area contributed by atoms with Crippen molar-refractivity contribution in [1.29, 1.82) is 0 Å². The molecule has 1 aromatic heterocycles. The Morgan fingerprint density at radius 3 is 2.64 bits per heavy atom. The average molecular weight is 452 g/mol. The third kappa shape index (κ3) is 5.27. The van der Waals surface area contributed by atoms with E-state index in [2.05, 4.69) is 28.5 Å². The summed E-state index contributed by atoms with van der Waals surface area (Å²) in [6.45, 7) is 1.11. The first-order valence-electron chi connectivity index (χ1n) is 8.46. The summed E-state index contributed by atoms with van der Waals surface area (Å²) in [7, 11) is 1.66. The lowest BCUT2D eigenvalue weighted by atomic mass is 10.2. The van der Waals surface area contributed by atoms with Crippen molar-refractivity contribution in [2.75, 3.05) is 26.5 Å². The van der Waals surface area contributed by atoms with Crippen LogP contribution in [0.2, 0.25) is 10.0 Å². The van der Waals surface area contributed by atoms with E-state index in [0.29, 0.717) is 23.2 Å². The molecule has 1 heterocycles. The van der Waals surface area contributed by atoms with Gasteiger partial charge in [0.25, 0.3) is 0 Å². The third-order valence-corrected chi connectivity index (χ3v) is 6.02. The smallest absolute Gasteiger partial charge is 0.206 e. The zero-order chi connectivity index (χ0) is 19.9. The first-order chi connectivity index (χ1) is 13.6. The summed E-state index contributed by atoms with van der Waals surface area (Å²) in [4.78, 5) is 6.58. The molecular weight excluding hydrogens is 433 g/mol. The fraction of sp³-hybridized carbons (Fsp3) is 0.200. The normalized spacial score (nSPS) is 12.2. The van der Waals surface area contributed by atoms with E-state index in [0.717, 1.165) is 21.6 Å². The quantitative estimate of drug-likeness (QED) is 0.263. The van der Waals surface area contributed by atoms with Gasteiger partial charge in [0.2, 0.25) is 4.80 Å². The topological polar surface area (TPSA) is 38.9 Å². The number of aromatic nitrogens is 1. The van der Waals surface area contributed by atoms with Crippen molar-refractivity contribution in [3.63, 3.8) is 0 Å². The van der Waals surface area contributed by atoms with Crippen LogP contribution in [-0.4, -0.2) is 37.4 Å². The maximum Gasteiger partial charge on any atom is 0.206 e. The van der Waals surface area contributed by atoms with Gasteiger partial charge in [-0.15, -0.1) is 23.1 Å². The largest absolute Gasteiger partial charge is 0.383 e. The highest BCUT2D eigenvalue weighted by Crippen LogP contribution is 2.30. The molecule has 0 aliphatic rings. The van der Waals surface area contributed by atoms with Crippen LogP contribution in [0.3, 0.4) is 0 Å². The molecule has 8 heteroatoms. The predicted octanol–water partition coefficient (Wildman–Crippen LogP) is 5.67. The zero-order valence-electron chi connectivity index (χ0n) is 15.4. The highest BCUT2D eigenvalue weighted by Gasteiger charge is 2.11. The van der Waals surface area contributed by atoms with Gasteiger partial charge in [-0.25, -0.2) is 4.68 Å². The number of nitrogens with zero attached hydrogens (tertiary/aromatic N) is 3. The Balaban J connectivity index is 2.03. The van der Waals surface area contributed by atoms with Gasteiger partial charge < -0.3 is 4.74 Å². The minimum atomic E-state index is 0.550. The molecule has 0 aliphatic heterocycles. The van der Waals surface area contributed by atoms with E-state index in [-0.39, 0.29) is 0 Å². The molecule has 4 nitrogen and oxygen atoms in total. The summed E-state index contributed by atoms with van der Waals surface area (Å²) in [6, 6.07) is 13.7. The molecule has 0 amide bonds. The van der Waals surface area contributed by atoms with Crippen LogP contribution in [0.4, 0.5) is 0 Å². The monoisotopic (exact) mass is 451 g/mol. The number of hydrogen-bond donors (Lipinski definition) is 0. The Labute approximate surface area is 182 Å². The Hall–Kier alpha value is -1.57. The highest BCUT2D eigenvalue weighted by molar-refractivity contribution is 7.98. The SMILES string of the molecule is COCCN=c1scc(-c2ccc(Cl)cc2Cl)n1/N=C/c1ccc(SC)cc1. The van der Waals surface area contributed by atoms with Crippen molar-refractivity contribution in [2.24, 2.45) is 10.1 Å². The fourth-order valence-corrected chi connectivity index (χ4v) is 4.22. The second-order valence-electron chi connectivity index (χ2n) is 5.73. The van der Waals surface area contributed by atoms with Crippen LogP contribution in [-0.2, 0) is 4.74 Å². The van der Waals surface area contributed by atoms with Crippen LogP contribution in [0.25, 0.3) is 11.3 Å². The van der Waals surface area contributed by atoms with Gasteiger partial charge in [-0.05, 0) is 42.2 Å². The van der Waals surface area contributed by atoms with Crippen molar-refractivity contribution in [2.45, 2.75) is 4.90 Å². The average Bonchev–Trinajstić information content (AvgIpc) is 3.09. The lowest BCUT2D eigenvalue weighted by molar-refractivity contribution is 0.207. The maximum atomic E-state index is 6.42. The summed E-state index contributed by atoms with van der Waals surface area (Å²) in [5.41, 5.74) is 2.72. The molecule has 0 aliphatic carbocycles. The Morgan fingerprint density at radius 1 is 1.18 bits per heavy atom. The molecule has 3 aromatic rings. The molecule has 0 saturated carbocycles.